The fourth-order valence-corrected chi connectivity index (χ4v) is 4.08. The lowest BCUT2D eigenvalue weighted by molar-refractivity contribution is 0.243. The van der Waals surface area contributed by atoms with Crippen molar-refractivity contribution >= 4 is 18.2 Å². The quantitative estimate of drug-likeness (QED) is 0.714. The Kier molecular flexibility index (Phi) is 5.14. The fourth-order valence-electron chi connectivity index (χ4n) is 3.75. The maximum Gasteiger partial charge on any atom is 0.226 e. The molecule has 2 aliphatic rings. The van der Waals surface area contributed by atoms with E-state index in [0.717, 1.165) is 37.0 Å². The van der Waals surface area contributed by atoms with Crippen molar-refractivity contribution in [3.05, 3.63) is 40.2 Å². The van der Waals surface area contributed by atoms with E-state index in [4.69, 9.17) is 17.3 Å². The van der Waals surface area contributed by atoms with Crippen LogP contribution < -0.4 is 4.90 Å². The number of piperidine rings is 1. The van der Waals surface area contributed by atoms with Gasteiger partial charge in [0.25, 0.3) is 0 Å². The Bertz CT molecular complexity index is 797. The minimum atomic E-state index is 0.565. The zero-order chi connectivity index (χ0) is 18.1. The number of nitrogens with zero attached hydrogens (tertiary/aromatic N) is 5. The molecule has 1 aromatic carbocycles. The molecule has 26 heavy (non-hydrogen) atoms. The van der Waals surface area contributed by atoms with Gasteiger partial charge in [-0.2, -0.15) is 0 Å². The maximum atomic E-state index is 5.81. The smallest absolute Gasteiger partial charge is 0.226 e. The molecule has 4 rings (SSSR count). The summed E-state index contributed by atoms with van der Waals surface area (Å²) in [4.78, 5) is 4.72. The molecule has 140 valence electrons. The average Bonchev–Trinajstić information content (AvgIpc) is 3.43. The fraction of sp³-hybridized carbons (Fsp3) is 0.600. The van der Waals surface area contributed by atoms with Crippen molar-refractivity contribution < 1.29 is 0 Å². The van der Waals surface area contributed by atoms with Crippen LogP contribution in [0, 0.1) is 11.7 Å². The number of anilines is 1. The summed E-state index contributed by atoms with van der Waals surface area (Å²) in [7, 11) is 2.14. The molecule has 1 aromatic heterocycles. The lowest BCUT2D eigenvalue weighted by Gasteiger charge is -2.27. The second-order valence-electron chi connectivity index (χ2n) is 7.87. The molecule has 5 nitrogen and oxygen atoms in total. The van der Waals surface area contributed by atoms with E-state index < -0.39 is 0 Å². The Labute approximate surface area is 161 Å². The van der Waals surface area contributed by atoms with Gasteiger partial charge in [-0.1, -0.05) is 29.8 Å². The number of aryl methyl sites for hydroxylation is 1. The Morgan fingerprint density at radius 3 is 2.46 bits per heavy atom. The third kappa shape index (κ3) is 3.86. The van der Waals surface area contributed by atoms with E-state index in [1.54, 1.807) is 0 Å². The second kappa shape index (κ2) is 7.53. The van der Waals surface area contributed by atoms with Crippen molar-refractivity contribution in [1.29, 1.82) is 0 Å². The summed E-state index contributed by atoms with van der Waals surface area (Å²) in [6.45, 7) is 5.97. The van der Waals surface area contributed by atoms with Crippen LogP contribution >= 0.6 is 12.2 Å². The van der Waals surface area contributed by atoms with Crippen molar-refractivity contribution in [3.63, 3.8) is 0 Å². The van der Waals surface area contributed by atoms with Crippen LogP contribution in [-0.2, 0) is 13.2 Å². The van der Waals surface area contributed by atoms with Gasteiger partial charge in [0.1, 0.15) is 0 Å². The summed E-state index contributed by atoms with van der Waals surface area (Å²) >= 11 is 5.81. The molecule has 1 aliphatic heterocycles. The van der Waals surface area contributed by atoms with Gasteiger partial charge in [-0.05, 0) is 63.9 Å². The summed E-state index contributed by atoms with van der Waals surface area (Å²) in [6, 6.07) is 9.31. The van der Waals surface area contributed by atoms with Crippen molar-refractivity contribution in [2.24, 2.45) is 0 Å². The minimum Gasteiger partial charge on any atom is -0.341 e. The molecule has 0 atom stereocenters. The topological polar surface area (TPSA) is 29.2 Å². The summed E-state index contributed by atoms with van der Waals surface area (Å²) in [6.07, 6.45) is 6.33. The highest BCUT2D eigenvalue weighted by Gasteiger charge is 2.31. The van der Waals surface area contributed by atoms with E-state index in [0.29, 0.717) is 6.04 Å². The Morgan fingerprint density at radius 2 is 1.81 bits per heavy atom. The first-order valence-electron chi connectivity index (χ1n) is 9.80. The van der Waals surface area contributed by atoms with Gasteiger partial charge < -0.3 is 4.90 Å². The van der Waals surface area contributed by atoms with Crippen LogP contribution in [0.4, 0.5) is 5.95 Å². The molecule has 2 aromatic rings. The largest absolute Gasteiger partial charge is 0.341 e. The van der Waals surface area contributed by atoms with Crippen LogP contribution in [0.5, 0.6) is 0 Å². The number of hydrogen-bond acceptors (Lipinski definition) is 4. The normalized spacial score (nSPS) is 17.9. The molecular weight excluding hydrogens is 342 g/mol. The maximum absolute atomic E-state index is 5.81. The first kappa shape index (κ1) is 17.7. The summed E-state index contributed by atoms with van der Waals surface area (Å²) in [5, 5.41) is 4.95. The van der Waals surface area contributed by atoms with E-state index in [1.807, 2.05) is 4.68 Å². The van der Waals surface area contributed by atoms with E-state index in [9.17, 15) is 0 Å². The summed E-state index contributed by atoms with van der Waals surface area (Å²) < 4.78 is 5.22. The minimum absolute atomic E-state index is 0.565. The van der Waals surface area contributed by atoms with Crippen LogP contribution in [0.1, 0.15) is 49.3 Å². The summed E-state index contributed by atoms with van der Waals surface area (Å²) in [5.74, 6) is 1.10. The summed E-state index contributed by atoms with van der Waals surface area (Å²) in [5.41, 5.74) is 2.62. The van der Waals surface area contributed by atoms with Crippen molar-refractivity contribution in [2.75, 3.05) is 25.0 Å². The molecule has 0 N–H and O–H groups in total. The molecule has 1 saturated carbocycles. The van der Waals surface area contributed by atoms with Crippen LogP contribution in [0.3, 0.4) is 0 Å². The van der Waals surface area contributed by atoms with Gasteiger partial charge in [0, 0.05) is 25.7 Å². The van der Waals surface area contributed by atoms with Crippen molar-refractivity contribution in [1.82, 2.24) is 19.2 Å². The van der Waals surface area contributed by atoms with Gasteiger partial charge in [-0.15, -0.1) is 5.10 Å². The van der Waals surface area contributed by atoms with E-state index >= 15 is 0 Å². The molecule has 0 unspecified atom stereocenters. The average molecular weight is 372 g/mol. The Balaban J connectivity index is 1.52. The zero-order valence-corrected chi connectivity index (χ0v) is 16.7. The highest BCUT2D eigenvalue weighted by molar-refractivity contribution is 7.71. The SMILES string of the molecule is Cc1ccc(CN(C)Cn2nc(N3CCCCC3)n(C3CC3)c2=S)cc1. The highest BCUT2D eigenvalue weighted by atomic mass is 32.1. The predicted molar refractivity (Wildman–Crippen MR) is 108 cm³/mol. The monoisotopic (exact) mass is 371 g/mol. The molecular formula is C20H29N5S. The third-order valence-corrected chi connectivity index (χ3v) is 5.76. The second-order valence-corrected chi connectivity index (χ2v) is 8.24. The molecule has 0 radical (unpaired) electrons. The Morgan fingerprint density at radius 1 is 1.12 bits per heavy atom. The Hall–Kier alpha value is -1.66. The molecule has 2 fully saturated rings. The molecule has 6 heteroatoms. The van der Waals surface area contributed by atoms with Gasteiger partial charge in [0.15, 0.2) is 0 Å². The van der Waals surface area contributed by atoms with Gasteiger partial charge in [0.2, 0.25) is 10.7 Å². The van der Waals surface area contributed by atoms with E-state index in [2.05, 4.69) is 52.6 Å². The number of hydrogen-bond donors (Lipinski definition) is 0. The molecule has 0 amide bonds. The molecule has 0 spiro atoms. The van der Waals surface area contributed by atoms with E-state index in [-0.39, 0.29) is 0 Å². The predicted octanol–water partition coefficient (Wildman–Crippen LogP) is 4.14. The van der Waals surface area contributed by atoms with Crippen LogP contribution in [0.15, 0.2) is 24.3 Å². The first-order chi connectivity index (χ1) is 12.6. The third-order valence-electron chi connectivity index (χ3n) is 5.35. The molecule has 1 aliphatic carbocycles. The highest BCUT2D eigenvalue weighted by Crippen LogP contribution is 2.38. The number of benzene rings is 1. The van der Waals surface area contributed by atoms with Gasteiger partial charge >= 0.3 is 0 Å². The van der Waals surface area contributed by atoms with Crippen LogP contribution in [0.2, 0.25) is 0 Å². The van der Waals surface area contributed by atoms with Gasteiger partial charge in [-0.25, -0.2) is 4.68 Å². The number of aromatic nitrogens is 3. The molecule has 1 saturated heterocycles. The molecule has 0 bridgehead atoms. The van der Waals surface area contributed by atoms with Crippen LogP contribution in [-0.4, -0.2) is 39.4 Å². The van der Waals surface area contributed by atoms with Gasteiger partial charge in [0.05, 0.1) is 6.67 Å². The molecule has 2 heterocycles. The van der Waals surface area contributed by atoms with Crippen molar-refractivity contribution in [2.45, 2.75) is 58.3 Å². The lowest BCUT2D eigenvalue weighted by atomic mass is 10.1. The zero-order valence-electron chi connectivity index (χ0n) is 15.9. The number of rotatable bonds is 6. The van der Waals surface area contributed by atoms with Gasteiger partial charge in [-0.3, -0.25) is 9.47 Å². The standard InChI is InChI=1S/C20H29N5S/c1-16-6-8-17(9-7-16)14-22(2)15-24-20(26)25(18-10-11-18)19(21-24)23-12-4-3-5-13-23/h6-9,18H,3-5,10-15H2,1-2H3. The first-order valence-corrected chi connectivity index (χ1v) is 10.2. The van der Waals surface area contributed by atoms with E-state index in [1.165, 1.54) is 43.2 Å². The lowest BCUT2D eigenvalue weighted by Crippen LogP contribution is -2.32. The van der Waals surface area contributed by atoms with Crippen molar-refractivity contribution in [3.8, 4) is 0 Å². The van der Waals surface area contributed by atoms with Crippen LogP contribution in [0.25, 0.3) is 0 Å².